The summed E-state index contributed by atoms with van der Waals surface area (Å²) >= 11 is 5.81. The van der Waals surface area contributed by atoms with Crippen molar-refractivity contribution in [2.75, 3.05) is 20.3 Å². The first-order valence-corrected chi connectivity index (χ1v) is 10.3. The fourth-order valence-corrected chi connectivity index (χ4v) is 3.21. The minimum Gasteiger partial charge on any atom is -0.490 e. The summed E-state index contributed by atoms with van der Waals surface area (Å²) in [4.78, 5) is 20.5. The first-order chi connectivity index (χ1) is 15.4. The maximum atomic E-state index is 14.1. The van der Waals surface area contributed by atoms with Crippen molar-refractivity contribution < 1.29 is 28.5 Å². The minimum absolute atomic E-state index is 0.0268. The number of nitrogens with zero attached hydrogens (tertiary/aromatic N) is 2. The van der Waals surface area contributed by atoms with Gasteiger partial charge in [0.05, 0.1) is 17.3 Å². The number of hydrogen-bond donors (Lipinski definition) is 1. The zero-order valence-electron chi connectivity index (χ0n) is 17.2. The molecule has 1 heterocycles. The molecule has 1 aliphatic carbocycles. The highest BCUT2D eigenvalue weighted by Gasteiger charge is 2.54. The van der Waals surface area contributed by atoms with Crippen molar-refractivity contribution in [1.29, 1.82) is 0 Å². The maximum Gasteiger partial charge on any atom is 0.348 e. The van der Waals surface area contributed by atoms with Gasteiger partial charge in [-0.25, -0.2) is 14.2 Å². The van der Waals surface area contributed by atoms with E-state index in [4.69, 9.17) is 25.8 Å². The van der Waals surface area contributed by atoms with Gasteiger partial charge in [0.25, 0.3) is 0 Å². The number of rotatable bonds is 9. The van der Waals surface area contributed by atoms with Crippen LogP contribution in [-0.4, -0.2) is 47.0 Å². The first kappa shape index (κ1) is 22.0. The lowest BCUT2D eigenvalue weighted by Gasteiger charge is -2.16. The van der Waals surface area contributed by atoms with Crippen LogP contribution in [0, 0.1) is 5.82 Å². The molecular weight excluding hydrogens is 439 g/mol. The van der Waals surface area contributed by atoms with Gasteiger partial charge >= 0.3 is 5.97 Å². The van der Waals surface area contributed by atoms with Gasteiger partial charge in [-0.2, -0.15) is 4.98 Å². The van der Waals surface area contributed by atoms with Gasteiger partial charge in [-0.05, 0) is 30.3 Å². The second-order valence-electron chi connectivity index (χ2n) is 7.28. The molecule has 0 unspecified atom stereocenters. The van der Waals surface area contributed by atoms with Gasteiger partial charge in [0.1, 0.15) is 18.2 Å². The van der Waals surface area contributed by atoms with Crippen LogP contribution in [0.1, 0.15) is 12.8 Å². The lowest BCUT2D eigenvalue weighted by molar-refractivity contribution is -0.147. The number of aromatic nitrogens is 2. The summed E-state index contributed by atoms with van der Waals surface area (Å²) in [5, 5.41) is 9.48. The van der Waals surface area contributed by atoms with Gasteiger partial charge in [0.2, 0.25) is 11.5 Å². The third-order valence-electron chi connectivity index (χ3n) is 4.98. The second kappa shape index (κ2) is 9.10. The molecule has 32 heavy (non-hydrogen) atoms. The van der Waals surface area contributed by atoms with Crippen LogP contribution in [0.25, 0.3) is 22.6 Å². The quantitative estimate of drug-likeness (QED) is 0.467. The van der Waals surface area contributed by atoms with E-state index in [1.54, 1.807) is 25.3 Å². The van der Waals surface area contributed by atoms with Crippen LogP contribution in [0.2, 0.25) is 5.02 Å². The predicted molar refractivity (Wildman–Crippen MR) is 115 cm³/mol. The molecule has 1 aliphatic rings. The number of hydrogen-bond acceptors (Lipinski definition) is 6. The number of aliphatic carboxylic acids is 1. The Kier molecular flexibility index (Phi) is 6.25. The van der Waals surface area contributed by atoms with Crippen molar-refractivity contribution in [1.82, 2.24) is 9.97 Å². The zero-order chi connectivity index (χ0) is 22.7. The first-order valence-electron chi connectivity index (χ1n) is 9.90. The standard InChI is InChI=1S/C23H20ClFN2O5/c1-30-10-11-31-19-5-3-2-4-15(19)18-13-20(32-23(8-9-23)22(28)29)27-21(26-18)14-6-7-16(24)17(25)12-14/h2-7,12-13H,8-11H2,1H3,(H,28,29). The molecule has 3 aromatic rings. The third kappa shape index (κ3) is 4.66. The Morgan fingerprint density at radius 2 is 1.94 bits per heavy atom. The molecule has 0 radical (unpaired) electrons. The summed E-state index contributed by atoms with van der Waals surface area (Å²) in [6.07, 6.45) is 0.757. The van der Waals surface area contributed by atoms with Crippen molar-refractivity contribution in [2.45, 2.75) is 18.4 Å². The van der Waals surface area contributed by atoms with Crippen LogP contribution in [0.4, 0.5) is 4.39 Å². The van der Waals surface area contributed by atoms with E-state index < -0.39 is 17.4 Å². The van der Waals surface area contributed by atoms with Crippen LogP contribution >= 0.6 is 11.6 Å². The number of benzene rings is 2. The van der Waals surface area contributed by atoms with Crippen molar-refractivity contribution in [3.8, 4) is 34.3 Å². The number of ether oxygens (including phenoxy) is 3. The molecule has 0 spiro atoms. The third-order valence-corrected chi connectivity index (χ3v) is 5.29. The largest absolute Gasteiger partial charge is 0.490 e. The van der Waals surface area contributed by atoms with Crippen molar-refractivity contribution in [3.63, 3.8) is 0 Å². The Balaban J connectivity index is 1.79. The molecule has 1 saturated carbocycles. The maximum absolute atomic E-state index is 14.1. The number of methoxy groups -OCH3 is 1. The van der Waals surface area contributed by atoms with Gasteiger partial charge in [-0.1, -0.05) is 23.7 Å². The van der Waals surface area contributed by atoms with Crippen LogP contribution < -0.4 is 9.47 Å². The molecule has 1 aromatic heterocycles. The molecule has 0 atom stereocenters. The Hall–Kier alpha value is -3.23. The summed E-state index contributed by atoms with van der Waals surface area (Å²) in [6.45, 7) is 0.738. The molecule has 9 heteroatoms. The van der Waals surface area contributed by atoms with Gasteiger partial charge < -0.3 is 19.3 Å². The zero-order valence-corrected chi connectivity index (χ0v) is 17.9. The SMILES string of the molecule is COCCOc1ccccc1-c1cc(OC2(C(=O)O)CC2)nc(-c2ccc(Cl)c(F)c2)n1. The molecule has 166 valence electrons. The molecule has 1 N–H and O–H groups in total. The summed E-state index contributed by atoms with van der Waals surface area (Å²) < 4.78 is 30.7. The molecule has 2 aromatic carbocycles. The Morgan fingerprint density at radius 1 is 1.16 bits per heavy atom. The lowest BCUT2D eigenvalue weighted by Crippen LogP contribution is -2.29. The molecule has 0 amide bonds. The predicted octanol–water partition coefficient (Wildman–Crippen LogP) is 4.62. The summed E-state index contributed by atoms with van der Waals surface area (Å²) in [5.41, 5.74) is 0.153. The van der Waals surface area contributed by atoms with Gasteiger partial charge in [-0.15, -0.1) is 0 Å². The second-order valence-corrected chi connectivity index (χ2v) is 7.69. The van der Waals surface area contributed by atoms with Crippen molar-refractivity contribution in [2.24, 2.45) is 0 Å². The van der Waals surface area contributed by atoms with Gasteiger partial charge in [-0.3, -0.25) is 0 Å². The lowest BCUT2D eigenvalue weighted by atomic mass is 10.1. The number of halogens is 2. The van der Waals surface area contributed by atoms with E-state index in [2.05, 4.69) is 9.97 Å². The Morgan fingerprint density at radius 3 is 2.62 bits per heavy atom. The molecule has 0 aliphatic heterocycles. The highest BCUT2D eigenvalue weighted by atomic mass is 35.5. The molecule has 7 nitrogen and oxygen atoms in total. The summed E-state index contributed by atoms with van der Waals surface area (Å²) in [6, 6.07) is 13.0. The van der Waals surface area contributed by atoms with Crippen LogP contribution in [0.5, 0.6) is 11.6 Å². The fourth-order valence-electron chi connectivity index (χ4n) is 3.09. The van der Waals surface area contributed by atoms with E-state index in [0.29, 0.717) is 48.6 Å². The van der Waals surface area contributed by atoms with E-state index in [0.717, 1.165) is 0 Å². The number of carbonyl (C=O) groups is 1. The number of carboxylic acids is 1. The van der Waals surface area contributed by atoms with Crippen molar-refractivity contribution in [3.05, 3.63) is 59.4 Å². The molecule has 0 bridgehead atoms. The van der Waals surface area contributed by atoms with E-state index >= 15 is 0 Å². The van der Waals surface area contributed by atoms with E-state index in [1.165, 1.54) is 12.1 Å². The monoisotopic (exact) mass is 458 g/mol. The van der Waals surface area contributed by atoms with Crippen LogP contribution in [0.3, 0.4) is 0 Å². The summed E-state index contributed by atoms with van der Waals surface area (Å²) in [5.74, 6) is -0.872. The normalized spacial score (nSPS) is 14.1. The number of carboxylic acid groups (broad SMARTS) is 1. The van der Waals surface area contributed by atoms with E-state index in [9.17, 15) is 14.3 Å². The van der Waals surface area contributed by atoms with Gasteiger partial charge in [0.15, 0.2) is 5.82 Å². The fraction of sp³-hybridized carbons (Fsp3) is 0.261. The molecule has 4 rings (SSSR count). The molecule has 0 saturated heterocycles. The number of para-hydroxylation sites is 1. The average Bonchev–Trinajstić information content (AvgIpc) is 3.57. The van der Waals surface area contributed by atoms with E-state index in [1.807, 2.05) is 18.2 Å². The van der Waals surface area contributed by atoms with Crippen LogP contribution in [-0.2, 0) is 9.53 Å². The Labute approximate surface area is 188 Å². The molecule has 1 fully saturated rings. The highest BCUT2D eigenvalue weighted by Crippen LogP contribution is 2.41. The highest BCUT2D eigenvalue weighted by molar-refractivity contribution is 6.30. The Bertz CT molecular complexity index is 1150. The smallest absolute Gasteiger partial charge is 0.348 e. The average molecular weight is 459 g/mol. The molecular formula is C23H20ClFN2O5. The van der Waals surface area contributed by atoms with Crippen molar-refractivity contribution >= 4 is 17.6 Å². The van der Waals surface area contributed by atoms with Gasteiger partial charge in [0, 0.05) is 37.1 Å². The van der Waals surface area contributed by atoms with Crippen LogP contribution in [0.15, 0.2) is 48.5 Å². The topological polar surface area (TPSA) is 90.8 Å². The minimum atomic E-state index is -1.30. The summed E-state index contributed by atoms with van der Waals surface area (Å²) in [7, 11) is 1.58. The van der Waals surface area contributed by atoms with E-state index in [-0.39, 0.29) is 16.7 Å².